The molecule has 0 aliphatic carbocycles. The van der Waals surface area contributed by atoms with Gasteiger partial charge in [-0.3, -0.25) is 0 Å². The van der Waals surface area contributed by atoms with E-state index in [1.807, 2.05) is 11.4 Å². The van der Waals surface area contributed by atoms with E-state index in [2.05, 4.69) is 48.5 Å². The van der Waals surface area contributed by atoms with Gasteiger partial charge in [0.25, 0.3) is 0 Å². The van der Waals surface area contributed by atoms with Crippen LogP contribution in [-0.2, 0) is 0 Å². The summed E-state index contributed by atoms with van der Waals surface area (Å²) in [6.07, 6.45) is 0. The standard InChI is InChI=1S/C17H12O2S/c1-2-6-12(7-3-1)13-8-4-5-9-14(13)17-16-15(10-20-17)18-11-19-16/h1-10H,11H2. The molecule has 0 saturated heterocycles. The molecule has 98 valence electrons. The Bertz CT molecular complexity index is 747. The fourth-order valence-electron chi connectivity index (χ4n) is 2.46. The second-order valence-electron chi connectivity index (χ2n) is 4.58. The van der Waals surface area contributed by atoms with Gasteiger partial charge in [0.2, 0.25) is 6.79 Å². The summed E-state index contributed by atoms with van der Waals surface area (Å²) in [7, 11) is 0. The van der Waals surface area contributed by atoms with Crippen LogP contribution in [0, 0.1) is 0 Å². The van der Waals surface area contributed by atoms with Gasteiger partial charge in [0.15, 0.2) is 11.5 Å². The van der Waals surface area contributed by atoms with E-state index in [0.717, 1.165) is 16.4 Å². The van der Waals surface area contributed by atoms with Gasteiger partial charge in [0, 0.05) is 10.9 Å². The van der Waals surface area contributed by atoms with Crippen molar-refractivity contribution in [2.24, 2.45) is 0 Å². The van der Waals surface area contributed by atoms with Crippen LogP contribution < -0.4 is 9.47 Å². The molecule has 0 fully saturated rings. The Morgan fingerprint density at radius 1 is 0.800 bits per heavy atom. The van der Waals surface area contributed by atoms with Crippen LogP contribution in [-0.4, -0.2) is 6.79 Å². The molecule has 2 heterocycles. The van der Waals surface area contributed by atoms with E-state index >= 15 is 0 Å². The molecule has 4 rings (SSSR count). The predicted molar refractivity (Wildman–Crippen MR) is 81.3 cm³/mol. The quantitative estimate of drug-likeness (QED) is 0.670. The predicted octanol–water partition coefficient (Wildman–Crippen LogP) is 4.81. The van der Waals surface area contributed by atoms with E-state index in [4.69, 9.17) is 9.47 Å². The third-order valence-electron chi connectivity index (χ3n) is 3.39. The first kappa shape index (κ1) is 11.6. The second kappa shape index (κ2) is 4.69. The summed E-state index contributed by atoms with van der Waals surface area (Å²) in [5.41, 5.74) is 3.62. The van der Waals surface area contributed by atoms with Gasteiger partial charge in [-0.15, -0.1) is 11.3 Å². The highest BCUT2D eigenvalue weighted by Crippen LogP contribution is 2.48. The minimum absolute atomic E-state index is 0.318. The Hall–Kier alpha value is -2.26. The molecule has 1 aromatic heterocycles. The van der Waals surface area contributed by atoms with Gasteiger partial charge in [-0.25, -0.2) is 0 Å². The summed E-state index contributed by atoms with van der Waals surface area (Å²) in [6.45, 7) is 0.318. The van der Waals surface area contributed by atoms with Crippen LogP contribution in [0.15, 0.2) is 60.0 Å². The van der Waals surface area contributed by atoms with Crippen LogP contribution in [0.25, 0.3) is 21.6 Å². The zero-order valence-electron chi connectivity index (χ0n) is 10.7. The van der Waals surface area contributed by atoms with Crippen molar-refractivity contribution in [1.29, 1.82) is 0 Å². The van der Waals surface area contributed by atoms with Crippen LogP contribution >= 0.6 is 11.3 Å². The SMILES string of the molecule is c1ccc(-c2ccccc2-c2scc3c2OCO3)cc1. The molecule has 0 N–H and O–H groups in total. The topological polar surface area (TPSA) is 18.5 Å². The number of ether oxygens (including phenoxy) is 2. The van der Waals surface area contributed by atoms with E-state index < -0.39 is 0 Å². The zero-order chi connectivity index (χ0) is 13.4. The minimum Gasteiger partial charge on any atom is -0.453 e. The highest BCUT2D eigenvalue weighted by atomic mass is 32.1. The van der Waals surface area contributed by atoms with Gasteiger partial charge in [-0.05, 0) is 11.1 Å². The van der Waals surface area contributed by atoms with Crippen LogP contribution in [0.1, 0.15) is 0 Å². The molecule has 1 aliphatic rings. The van der Waals surface area contributed by atoms with Gasteiger partial charge in [0.05, 0.1) is 4.88 Å². The van der Waals surface area contributed by atoms with Crippen molar-refractivity contribution in [3.05, 3.63) is 60.0 Å². The first-order valence-electron chi connectivity index (χ1n) is 6.45. The number of hydrogen-bond acceptors (Lipinski definition) is 3. The number of hydrogen-bond donors (Lipinski definition) is 0. The largest absolute Gasteiger partial charge is 0.453 e. The van der Waals surface area contributed by atoms with Crippen LogP contribution in [0.2, 0.25) is 0 Å². The van der Waals surface area contributed by atoms with Crippen molar-refractivity contribution >= 4 is 11.3 Å². The van der Waals surface area contributed by atoms with Crippen LogP contribution in [0.5, 0.6) is 11.5 Å². The normalized spacial score (nSPS) is 12.6. The molecule has 0 spiro atoms. The van der Waals surface area contributed by atoms with E-state index in [0.29, 0.717) is 6.79 Å². The summed E-state index contributed by atoms with van der Waals surface area (Å²) in [5.74, 6) is 1.73. The number of thiophene rings is 1. The van der Waals surface area contributed by atoms with Gasteiger partial charge >= 0.3 is 0 Å². The highest BCUT2D eigenvalue weighted by Gasteiger charge is 2.22. The highest BCUT2D eigenvalue weighted by molar-refractivity contribution is 7.14. The van der Waals surface area contributed by atoms with Crippen LogP contribution in [0.3, 0.4) is 0 Å². The van der Waals surface area contributed by atoms with E-state index in [1.54, 1.807) is 11.3 Å². The number of rotatable bonds is 2. The summed E-state index contributed by atoms with van der Waals surface area (Å²) in [5, 5.41) is 2.01. The third kappa shape index (κ3) is 1.79. The Balaban J connectivity index is 1.91. The molecule has 0 radical (unpaired) electrons. The fourth-order valence-corrected chi connectivity index (χ4v) is 3.43. The molecule has 0 amide bonds. The lowest BCUT2D eigenvalue weighted by Gasteiger charge is -2.09. The van der Waals surface area contributed by atoms with E-state index in [1.165, 1.54) is 16.7 Å². The first-order chi connectivity index (χ1) is 9.93. The summed E-state index contributed by atoms with van der Waals surface area (Å²) >= 11 is 1.66. The average Bonchev–Trinajstić information content (AvgIpc) is 3.11. The maximum absolute atomic E-state index is 5.60. The molecule has 3 heteroatoms. The lowest BCUT2D eigenvalue weighted by Crippen LogP contribution is -1.94. The Morgan fingerprint density at radius 2 is 1.55 bits per heavy atom. The van der Waals surface area contributed by atoms with Crippen molar-refractivity contribution in [3.8, 4) is 33.1 Å². The smallest absolute Gasteiger partial charge is 0.231 e. The molecule has 2 aromatic carbocycles. The monoisotopic (exact) mass is 280 g/mol. The molecule has 0 atom stereocenters. The number of fused-ring (bicyclic) bond motifs is 1. The Labute approximate surface area is 121 Å². The van der Waals surface area contributed by atoms with Crippen LogP contribution in [0.4, 0.5) is 0 Å². The van der Waals surface area contributed by atoms with Crippen molar-refractivity contribution in [2.45, 2.75) is 0 Å². The fraction of sp³-hybridized carbons (Fsp3) is 0.0588. The third-order valence-corrected chi connectivity index (χ3v) is 4.36. The summed E-state index contributed by atoms with van der Waals surface area (Å²) in [6, 6.07) is 18.8. The van der Waals surface area contributed by atoms with Gasteiger partial charge in [-0.1, -0.05) is 54.6 Å². The lowest BCUT2D eigenvalue weighted by molar-refractivity contribution is 0.174. The van der Waals surface area contributed by atoms with Gasteiger partial charge < -0.3 is 9.47 Å². The second-order valence-corrected chi connectivity index (χ2v) is 5.46. The molecule has 0 saturated carbocycles. The summed E-state index contributed by atoms with van der Waals surface area (Å²) < 4.78 is 11.0. The maximum Gasteiger partial charge on any atom is 0.231 e. The van der Waals surface area contributed by atoms with Crippen molar-refractivity contribution in [2.75, 3.05) is 6.79 Å². The average molecular weight is 280 g/mol. The Kier molecular flexibility index (Phi) is 2.71. The number of benzene rings is 2. The lowest BCUT2D eigenvalue weighted by atomic mass is 9.98. The maximum atomic E-state index is 5.60. The molecule has 2 nitrogen and oxygen atoms in total. The molecule has 1 aliphatic heterocycles. The Morgan fingerprint density at radius 3 is 2.40 bits per heavy atom. The molecular weight excluding hydrogens is 268 g/mol. The first-order valence-corrected chi connectivity index (χ1v) is 7.33. The molecule has 20 heavy (non-hydrogen) atoms. The zero-order valence-corrected chi connectivity index (χ0v) is 11.5. The summed E-state index contributed by atoms with van der Waals surface area (Å²) in [4.78, 5) is 1.14. The van der Waals surface area contributed by atoms with Crippen molar-refractivity contribution in [1.82, 2.24) is 0 Å². The van der Waals surface area contributed by atoms with E-state index in [-0.39, 0.29) is 0 Å². The molecular formula is C17H12O2S. The van der Waals surface area contributed by atoms with Gasteiger partial charge in [-0.2, -0.15) is 0 Å². The van der Waals surface area contributed by atoms with Gasteiger partial charge in [0.1, 0.15) is 0 Å². The van der Waals surface area contributed by atoms with Crippen molar-refractivity contribution in [3.63, 3.8) is 0 Å². The molecule has 0 unspecified atom stereocenters. The molecule has 3 aromatic rings. The minimum atomic E-state index is 0.318. The molecule has 0 bridgehead atoms. The van der Waals surface area contributed by atoms with Crippen molar-refractivity contribution < 1.29 is 9.47 Å². The van der Waals surface area contributed by atoms with E-state index in [9.17, 15) is 0 Å².